The third-order valence-corrected chi connectivity index (χ3v) is 4.04. The van der Waals surface area contributed by atoms with Gasteiger partial charge in [-0.05, 0) is 52.0 Å². The Balaban J connectivity index is 2.35. The normalized spacial score (nSPS) is 11.3. The first-order valence-corrected chi connectivity index (χ1v) is 7.75. The van der Waals surface area contributed by atoms with Crippen LogP contribution in [0.4, 0.5) is 5.69 Å². The summed E-state index contributed by atoms with van der Waals surface area (Å²) < 4.78 is 0.804. The smallest absolute Gasteiger partial charge is 0.256 e. The molecule has 2 rings (SSSR count). The van der Waals surface area contributed by atoms with Gasteiger partial charge in [0.2, 0.25) is 0 Å². The molecule has 0 saturated heterocycles. The van der Waals surface area contributed by atoms with Gasteiger partial charge in [0, 0.05) is 10.2 Å². The van der Waals surface area contributed by atoms with Crippen molar-refractivity contribution in [1.29, 1.82) is 0 Å². The van der Waals surface area contributed by atoms with Crippen LogP contribution in [0.3, 0.4) is 0 Å². The summed E-state index contributed by atoms with van der Waals surface area (Å²) in [5, 5.41) is 3.03. The van der Waals surface area contributed by atoms with Crippen LogP contribution in [0.15, 0.2) is 46.9 Å². The molecule has 21 heavy (non-hydrogen) atoms. The van der Waals surface area contributed by atoms with Crippen molar-refractivity contribution in [3.05, 3.63) is 63.6 Å². The summed E-state index contributed by atoms with van der Waals surface area (Å²) in [4.78, 5) is 12.5. The third kappa shape index (κ3) is 3.73. The molecule has 2 aromatic carbocycles. The molecule has 0 aliphatic heterocycles. The van der Waals surface area contributed by atoms with Crippen molar-refractivity contribution in [2.24, 2.45) is 0 Å². The number of hydrogen-bond donors (Lipinski definition) is 1. The Morgan fingerprint density at radius 2 is 1.76 bits per heavy atom. The van der Waals surface area contributed by atoms with E-state index in [1.54, 1.807) is 0 Å². The van der Waals surface area contributed by atoms with E-state index < -0.39 is 0 Å². The van der Waals surface area contributed by atoms with E-state index in [0.717, 1.165) is 21.3 Å². The van der Waals surface area contributed by atoms with Crippen LogP contribution in [0.2, 0.25) is 0 Å². The van der Waals surface area contributed by atoms with E-state index in [1.165, 1.54) is 0 Å². The first kappa shape index (κ1) is 15.8. The van der Waals surface area contributed by atoms with Crippen molar-refractivity contribution >= 4 is 27.5 Å². The Hall–Kier alpha value is -1.61. The molecule has 110 valence electrons. The van der Waals surface area contributed by atoms with Crippen LogP contribution in [-0.4, -0.2) is 5.91 Å². The largest absolute Gasteiger partial charge is 0.322 e. The number of anilines is 1. The van der Waals surface area contributed by atoms with Gasteiger partial charge in [0.25, 0.3) is 5.91 Å². The monoisotopic (exact) mass is 345 g/mol. The standard InChI is InChI=1S/C18H20BrNO/c1-12-9-10-15(19)13(11-12)17(21)20-16-8-6-5-7-14(16)18(2,3)4/h5-11H,1-4H3,(H,20,21). The van der Waals surface area contributed by atoms with Crippen molar-refractivity contribution in [3.8, 4) is 0 Å². The van der Waals surface area contributed by atoms with Gasteiger partial charge in [-0.3, -0.25) is 4.79 Å². The number of aryl methyl sites for hydroxylation is 1. The van der Waals surface area contributed by atoms with Crippen molar-refractivity contribution in [2.45, 2.75) is 33.1 Å². The van der Waals surface area contributed by atoms with Crippen molar-refractivity contribution < 1.29 is 4.79 Å². The second kappa shape index (κ2) is 6.02. The summed E-state index contributed by atoms with van der Waals surface area (Å²) in [5.74, 6) is -0.0951. The minimum Gasteiger partial charge on any atom is -0.322 e. The highest BCUT2D eigenvalue weighted by Crippen LogP contribution is 2.30. The molecule has 3 heteroatoms. The van der Waals surface area contributed by atoms with Crippen molar-refractivity contribution in [1.82, 2.24) is 0 Å². The summed E-state index contributed by atoms with van der Waals surface area (Å²) in [6.07, 6.45) is 0. The predicted molar refractivity (Wildman–Crippen MR) is 92.0 cm³/mol. The van der Waals surface area contributed by atoms with E-state index in [0.29, 0.717) is 5.56 Å². The molecule has 0 bridgehead atoms. The predicted octanol–water partition coefficient (Wildman–Crippen LogP) is 5.31. The number of para-hydroxylation sites is 1. The quantitative estimate of drug-likeness (QED) is 0.785. The van der Waals surface area contributed by atoms with Gasteiger partial charge in [-0.1, -0.05) is 50.6 Å². The average molecular weight is 346 g/mol. The molecule has 1 N–H and O–H groups in total. The topological polar surface area (TPSA) is 29.1 Å². The maximum absolute atomic E-state index is 12.5. The molecule has 1 amide bonds. The molecule has 0 aliphatic carbocycles. The number of amides is 1. The SMILES string of the molecule is Cc1ccc(Br)c(C(=O)Nc2ccccc2C(C)(C)C)c1. The molecule has 0 atom stereocenters. The number of carbonyl (C=O) groups is 1. The Morgan fingerprint density at radius 3 is 2.43 bits per heavy atom. The highest BCUT2D eigenvalue weighted by molar-refractivity contribution is 9.10. The lowest BCUT2D eigenvalue weighted by Gasteiger charge is -2.23. The number of hydrogen-bond acceptors (Lipinski definition) is 1. The van der Waals surface area contributed by atoms with Crippen LogP contribution in [0.25, 0.3) is 0 Å². The van der Waals surface area contributed by atoms with Crippen LogP contribution < -0.4 is 5.32 Å². The number of benzene rings is 2. The molecule has 0 saturated carbocycles. The first-order valence-electron chi connectivity index (χ1n) is 6.96. The average Bonchev–Trinajstić information content (AvgIpc) is 2.41. The molecule has 0 spiro atoms. The maximum Gasteiger partial charge on any atom is 0.256 e. The van der Waals surface area contributed by atoms with Gasteiger partial charge in [0.1, 0.15) is 0 Å². The zero-order chi connectivity index (χ0) is 15.6. The summed E-state index contributed by atoms with van der Waals surface area (Å²) in [6.45, 7) is 8.40. The van der Waals surface area contributed by atoms with Crippen molar-refractivity contribution in [2.75, 3.05) is 5.32 Å². The van der Waals surface area contributed by atoms with E-state index in [4.69, 9.17) is 0 Å². The summed E-state index contributed by atoms with van der Waals surface area (Å²) in [6, 6.07) is 13.7. The molecular formula is C18H20BrNO. The third-order valence-electron chi connectivity index (χ3n) is 3.35. The lowest BCUT2D eigenvalue weighted by Crippen LogP contribution is -2.19. The summed E-state index contributed by atoms with van der Waals surface area (Å²) in [7, 11) is 0. The molecule has 0 aliphatic rings. The lowest BCUT2D eigenvalue weighted by atomic mass is 9.86. The lowest BCUT2D eigenvalue weighted by molar-refractivity contribution is 0.102. The van der Waals surface area contributed by atoms with E-state index in [-0.39, 0.29) is 11.3 Å². The molecule has 2 nitrogen and oxygen atoms in total. The number of rotatable bonds is 2. The highest BCUT2D eigenvalue weighted by Gasteiger charge is 2.19. The van der Waals surface area contributed by atoms with Gasteiger partial charge in [0.05, 0.1) is 5.56 Å². The zero-order valence-electron chi connectivity index (χ0n) is 12.8. The maximum atomic E-state index is 12.5. The molecule has 2 aromatic rings. The fourth-order valence-corrected chi connectivity index (χ4v) is 2.68. The minimum atomic E-state index is -0.0951. The molecule has 0 heterocycles. The van der Waals surface area contributed by atoms with Gasteiger partial charge in [0.15, 0.2) is 0 Å². The van der Waals surface area contributed by atoms with Crippen LogP contribution in [0.5, 0.6) is 0 Å². The van der Waals surface area contributed by atoms with Gasteiger partial charge in [-0.25, -0.2) is 0 Å². The molecule has 0 radical (unpaired) electrons. The van der Waals surface area contributed by atoms with Crippen LogP contribution in [-0.2, 0) is 5.41 Å². The van der Waals surface area contributed by atoms with Gasteiger partial charge in [-0.2, -0.15) is 0 Å². The zero-order valence-corrected chi connectivity index (χ0v) is 14.4. The minimum absolute atomic E-state index is 0.0201. The molecule has 0 unspecified atom stereocenters. The first-order chi connectivity index (χ1) is 9.79. The van der Waals surface area contributed by atoms with Crippen LogP contribution >= 0.6 is 15.9 Å². The van der Waals surface area contributed by atoms with E-state index in [1.807, 2.05) is 43.3 Å². The fraction of sp³-hybridized carbons (Fsp3) is 0.278. The Bertz CT molecular complexity index is 671. The second-order valence-electron chi connectivity index (χ2n) is 6.23. The molecular weight excluding hydrogens is 326 g/mol. The molecule has 0 fully saturated rings. The van der Waals surface area contributed by atoms with Crippen LogP contribution in [0, 0.1) is 6.92 Å². The highest BCUT2D eigenvalue weighted by atomic mass is 79.9. The summed E-state index contributed by atoms with van der Waals surface area (Å²) >= 11 is 3.44. The Labute approximate surface area is 134 Å². The Morgan fingerprint density at radius 1 is 1.10 bits per heavy atom. The Kier molecular flexibility index (Phi) is 4.52. The van der Waals surface area contributed by atoms with E-state index >= 15 is 0 Å². The van der Waals surface area contributed by atoms with E-state index in [9.17, 15) is 4.79 Å². The second-order valence-corrected chi connectivity index (χ2v) is 7.09. The fourth-order valence-electron chi connectivity index (χ4n) is 2.25. The number of halogens is 1. The number of carbonyl (C=O) groups excluding carboxylic acids is 1. The van der Waals surface area contributed by atoms with Gasteiger partial charge < -0.3 is 5.32 Å². The van der Waals surface area contributed by atoms with Crippen molar-refractivity contribution in [3.63, 3.8) is 0 Å². The molecule has 0 aromatic heterocycles. The van der Waals surface area contributed by atoms with Gasteiger partial charge >= 0.3 is 0 Å². The van der Waals surface area contributed by atoms with E-state index in [2.05, 4.69) is 48.1 Å². The van der Waals surface area contributed by atoms with Crippen LogP contribution in [0.1, 0.15) is 42.3 Å². The summed E-state index contributed by atoms with van der Waals surface area (Å²) in [5.41, 5.74) is 3.69. The number of nitrogens with one attached hydrogen (secondary N) is 1. The van der Waals surface area contributed by atoms with Gasteiger partial charge in [-0.15, -0.1) is 0 Å².